The molecule has 8 nitrogen and oxygen atoms in total. The van der Waals surface area contributed by atoms with E-state index in [4.69, 9.17) is 0 Å². The second-order valence-electron chi connectivity index (χ2n) is 3.42. The molecular formula is C9H15N5O3S. The molecule has 1 rings (SSSR count). The van der Waals surface area contributed by atoms with Crippen LogP contribution in [0.15, 0.2) is 6.20 Å². The molecule has 0 aliphatic heterocycles. The van der Waals surface area contributed by atoms with Crippen molar-refractivity contribution in [3.63, 3.8) is 0 Å². The topological polar surface area (TPSA) is 110 Å². The van der Waals surface area contributed by atoms with Crippen molar-refractivity contribution < 1.29 is 9.13 Å². The van der Waals surface area contributed by atoms with Crippen molar-refractivity contribution in [2.75, 3.05) is 35.7 Å². The Morgan fingerprint density at radius 3 is 2.78 bits per heavy atom. The SMILES string of the molecule is CCNc1ncc([N+](=O)[O-])c(NCCS(C)=O)n1. The predicted octanol–water partition coefficient (Wildman–Crippen LogP) is 0.607. The molecule has 1 atom stereocenters. The summed E-state index contributed by atoms with van der Waals surface area (Å²) in [6.45, 7) is 2.85. The largest absolute Gasteiger partial charge is 0.363 e. The van der Waals surface area contributed by atoms with E-state index < -0.39 is 15.7 Å². The number of nitro groups is 1. The fourth-order valence-corrected chi connectivity index (χ4v) is 1.59. The first-order valence-corrected chi connectivity index (χ1v) is 7.06. The Hall–Kier alpha value is -1.77. The lowest BCUT2D eigenvalue weighted by Gasteiger charge is -2.07. The summed E-state index contributed by atoms with van der Waals surface area (Å²) >= 11 is 0. The number of rotatable bonds is 7. The van der Waals surface area contributed by atoms with E-state index in [1.807, 2.05) is 6.92 Å². The van der Waals surface area contributed by atoms with Crippen molar-refractivity contribution in [3.8, 4) is 0 Å². The van der Waals surface area contributed by atoms with E-state index in [0.717, 1.165) is 6.20 Å². The maximum Gasteiger partial charge on any atom is 0.329 e. The third-order valence-corrected chi connectivity index (χ3v) is 2.76. The molecule has 9 heteroatoms. The minimum Gasteiger partial charge on any atom is -0.363 e. The maximum absolute atomic E-state index is 10.9. The van der Waals surface area contributed by atoms with Crippen molar-refractivity contribution in [1.82, 2.24) is 9.97 Å². The summed E-state index contributed by atoms with van der Waals surface area (Å²) in [5.74, 6) is 0.858. The second-order valence-corrected chi connectivity index (χ2v) is 4.97. The van der Waals surface area contributed by atoms with Gasteiger partial charge in [0.25, 0.3) is 0 Å². The van der Waals surface area contributed by atoms with Gasteiger partial charge in [-0.25, -0.2) is 4.98 Å². The first-order chi connectivity index (χ1) is 8.54. The summed E-state index contributed by atoms with van der Waals surface area (Å²) in [6.07, 6.45) is 2.72. The minimum atomic E-state index is -0.957. The van der Waals surface area contributed by atoms with Gasteiger partial charge in [-0.05, 0) is 6.92 Å². The van der Waals surface area contributed by atoms with Gasteiger partial charge in [0.15, 0.2) is 0 Å². The third kappa shape index (κ3) is 4.24. The smallest absolute Gasteiger partial charge is 0.329 e. The van der Waals surface area contributed by atoms with E-state index in [1.165, 1.54) is 0 Å². The van der Waals surface area contributed by atoms with Crippen LogP contribution in [0, 0.1) is 10.1 Å². The lowest BCUT2D eigenvalue weighted by atomic mass is 10.4. The summed E-state index contributed by atoms with van der Waals surface area (Å²) in [6, 6.07) is 0. The zero-order chi connectivity index (χ0) is 13.5. The van der Waals surface area contributed by atoms with E-state index in [1.54, 1.807) is 6.26 Å². The minimum absolute atomic E-state index is 0.136. The molecule has 0 aliphatic carbocycles. The van der Waals surface area contributed by atoms with Crippen LogP contribution >= 0.6 is 0 Å². The number of hydrogen-bond donors (Lipinski definition) is 2. The zero-order valence-corrected chi connectivity index (χ0v) is 11.0. The highest BCUT2D eigenvalue weighted by Gasteiger charge is 2.16. The Morgan fingerprint density at radius 2 is 2.22 bits per heavy atom. The van der Waals surface area contributed by atoms with Gasteiger partial charge in [0.05, 0.1) is 4.92 Å². The van der Waals surface area contributed by atoms with Crippen LogP contribution in [0.25, 0.3) is 0 Å². The van der Waals surface area contributed by atoms with Crippen LogP contribution in [0.4, 0.5) is 17.5 Å². The van der Waals surface area contributed by atoms with E-state index in [-0.39, 0.29) is 11.5 Å². The van der Waals surface area contributed by atoms with Crippen molar-refractivity contribution in [2.24, 2.45) is 0 Å². The fraction of sp³-hybridized carbons (Fsp3) is 0.556. The Labute approximate surface area is 107 Å². The molecule has 18 heavy (non-hydrogen) atoms. The highest BCUT2D eigenvalue weighted by Crippen LogP contribution is 2.21. The molecule has 0 fully saturated rings. The molecule has 0 aromatic carbocycles. The van der Waals surface area contributed by atoms with E-state index in [0.29, 0.717) is 24.8 Å². The molecule has 0 radical (unpaired) electrons. The molecule has 0 saturated carbocycles. The van der Waals surface area contributed by atoms with E-state index >= 15 is 0 Å². The average molecular weight is 273 g/mol. The molecule has 1 aromatic heterocycles. The van der Waals surface area contributed by atoms with Gasteiger partial charge in [-0.2, -0.15) is 4.98 Å². The molecule has 1 aromatic rings. The van der Waals surface area contributed by atoms with Gasteiger partial charge in [0.2, 0.25) is 11.8 Å². The number of anilines is 2. The van der Waals surface area contributed by atoms with Crippen LogP contribution in [-0.4, -0.2) is 44.2 Å². The normalized spacial score (nSPS) is 11.9. The fourth-order valence-electron chi connectivity index (χ4n) is 1.20. The van der Waals surface area contributed by atoms with Gasteiger partial charge in [-0.15, -0.1) is 0 Å². The molecule has 1 unspecified atom stereocenters. The lowest BCUT2D eigenvalue weighted by Crippen LogP contribution is -2.13. The molecule has 1 heterocycles. The Morgan fingerprint density at radius 1 is 1.50 bits per heavy atom. The number of nitrogens with one attached hydrogen (secondary N) is 2. The Bertz CT molecular complexity index is 454. The molecular weight excluding hydrogens is 258 g/mol. The van der Waals surface area contributed by atoms with Crippen molar-refractivity contribution in [2.45, 2.75) is 6.92 Å². The standard InChI is InChI=1S/C9H15N5O3S/c1-3-10-9-12-6-7(14(15)16)8(13-9)11-4-5-18(2)17/h6H,3-5H2,1-2H3,(H2,10,11,12,13). The van der Waals surface area contributed by atoms with Gasteiger partial charge in [0, 0.05) is 35.9 Å². The van der Waals surface area contributed by atoms with Crippen LogP contribution in [0.1, 0.15) is 6.92 Å². The van der Waals surface area contributed by atoms with Crippen LogP contribution in [0.5, 0.6) is 0 Å². The van der Waals surface area contributed by atoms with E-state index in [9.17, 15) is 14.3 Å². The summed E-state index contributed by atoms with van der Waals surface area (Å²) < 4.78 is 10.9. The van der Waals surface area contributed by atoms with E-state index in [2.05, 4.69) is 20.6 Å². The van der Waals surface area contributed by atoms with Gasteiger partial charge >= 0.3 is 5.69 Å². The quantitative estimate of drug-likeness (QED) is 0.553. The molecule has 0 bridgehead atoms. The summed E-state index contributed by atoms with van der Waals surface area (Å²) in [5, 5.41) is 16.5. The second kappa shape index (κ2) is 6.84. The van der Waals surface area contributed by atoms with Crippen molar-refractivity contribution in [1.29, 1.82) is 0 Å². The summed E-state index contributed by atoms with van der Waals surface area (Å²) in [5.41, 5.74) is -0.196. The predicted molar refractivity (Wildman–Crippen MR) is 70.3 cm³/mol. The lowest BCUT2D eigenvalue weighted by molar-refractivity contribution is -0.384. The van der Waals surface area contributed by atoms with Gasteiger partial charge in [-0.1, -0.05) is 0 Å². The van der Waals surface area contributed by atoms with Crippen LogP contribution in [0.2, 0.25) is 0 Å². The summed E-state index contributed by atoms with van der Waals surface area (Å²) in [7, 11) is -0.957. The number of nitrogens with zero attached hydrogens (tertiary/aromatic N) is 3. The van der Waals surface area contributed by atoms with Crippen LogP contribution in [0.3, 0.4) is 0 Å². The molecule has 0 saturated heterocycles. The monoisotopic (exact) mass is 273 g/mol. The molecule has 0 aliphatic rings. The first kappa shape index (κ1) is 14.3. The highest BCUT2D eigenvalue weighted by atomic mass is 32.2. The Kier molecular flexibility index (Phi) is 5.43. The molecule has 100 valence electrons. The number of hydrogen-bond acceptors (Lipinski definition) is 7. The maximum atomic E-state index is 10.9. The Balaban J connectivity index is 2.85. The summed E-state index contributed by atoms with van der Waals surface area (Å²) in [4.78, 5) is 18.1. The van der Waals surface area contributed by atoms with Crippen LogP contribution in [-0.2, 0) is 10.8 Å². The van der Waals surface area contributed by atoms with Gasteiger partial charge in [0.1, 0.15) is 6.20 Å². The van der Waals surface area contributed by atoms with Crippen molar-refractivity contribution >= 4 is 28.3 Å². The number of aromatic nitrogens is 2. The van der Waals surface area contributed by atoms with Gasteiger partial charge < -0.3 is 10.6 Å². The highest BCUT2D eigenvalue weighted by molar-refractivity contribution is 7.84. The molecule has 2 N–H and O–H groups in total. The molecule has 0 spiro atoms. The van der Waals surface area contributed by atoms with Crippen LogP contribution < -0.4 is 10.6 Å². The third-order valence-electron chi connectivity index (χ3n) is 1.98. The average Bonchev–Trinajstić information content (AvgIpc) is 2.29. The first-order valence-electron chi connectivity index (χ1n) is 5.33. The molecule has 0 amide bonds. The van der Waals surface area contributed by atoms with Gasteiger partial charge in [-0.3, -0.25) is 14.3 Å². The van der Waals surface area contributed by atoms with Crippen molar-refractivity contribution in [3.05, 3.63) is 16.3 Å². The zero-order valence-electron chi connectivity index (χ0n) is 10.2.